The molecule has 1 amide bonds. The minimum atomic E-state index is -0.966. The number of likely N-dealkylation sites (N-methyl/N-ethyl adjacent to an activating group) is 1. The van der Waals surface area contributed by atoms with Crippen LogP contribution in [0.2, 0.25) is 0 Å². The van der Waals surface area contributed by atoms with Crippen molar-refractivity contribution < 1.29 is 18.7 Å². The van der Waals surface area contributed by atoms with E-state index in [1.165, 1.54) is 17.1 Å². The molecule has 0 saturated carbocycles. The highest BCUT2D eigenvalue weighted by molar-refractivity contribution is 5.90. The second-order valence-electron chi connectivity index (χ2n) is 6.80. The minimum absolute atomic E-state index is 0.151. The van der Waals surface area contributed by atoms with E-state index in [1.54, 1.807) is 24.5 Å². The molecule has 4 rings (SSSR count). The fraction of sp³-hybridized carbons (Fsp3) is 0.333. The molecule has 0 saturated heterocycles. The molecule has 1 aliphatic rings. The number of benzene rings is 1. The molecule has 1 aromatic carbocycles. The van der Waals surface area contributed by atoms with Gasteiger partial charge in [-0.15, -0.1) is 5.10 Å². The molecular formula is C18H19F2N7O2. The van der Waals surface area contributed by atoms with Gasteiger partial charge >= 0.3 is 0 Å². The Balaban J connectivity index is 1.45. The topological polar surface area (TPSA) is 101 Å². The summed E-state index contributed by atoms with van der Waals surface area (Å²) >= 11 is 0. The van der Waals surface area contributed by atoms with Gasteiger partial charge in [-0.05, 0) is 18.6 Å². The molecule has 0 bridgehead atoms. The van der Waals surface area contributed by atoms with Gasteiger partial charge in [0.2, 0.25) is 5.82 Å². The number of fused-ring (bicyclic) bond motifs is 1. The van der Waals surface area contributed by atoms with Gasteiger partial charge < -0.3 is 19.9 Å². The fourth-order valence-corrected chi connectivity index (χ4v) is 3.31. The fourth-order valence-electron chi connectivity index (χ4n) is 3.31. The van der Waals surface area contributed by atoms with Crippen LogP contribution in [0.15, 0.2) is 37.1 Å². The maximum absolute atomic E-state index is 13.8. The number of aliphatic hydroxyl groups excluding tert-OH is 1. The zero-order chi connectivity index (χ0) is 20.5. The predicted octanol–water partition coefficient (Wildman–Crippen LogP) is 0.758. The van der Waals surface area contributed by atoms with Gasteiger partial charge in [0.05, 0.1) is 25.1 Å². The molecule has 0 radical (unpaired) electrons. The summed E-state index contributed by atoms with van der Waals surface area (Å²) in [6.45, 7) is 0.367. The first kappa shape index (κ1) is 19.0. The molecule has 2 N–H and O–H groups in total. The maximum atomic E-state index is 13.8. The number of aliphatic hydroxyl groups is 1. The number of anilines is 1. The number of nitrogens with zero attached hydrogens (tertiary/aromatic N) is 6. The summed E-state index contributed by atoms with van der Waals surface area (Å²) in [7, 11) is 1.71. The Morgan fingerprint density at radius 2 is 2.07 bits per heavy atom. The van der Waals surface area contributed by atoms with Crippen molar-refractivity contribution in [3.05, 3.63) is 60.1 Å². The average Bonchev–Trinajstić information content (AvgIpc) is 3.34. The summed E-state index contributed by atoms with van der Waals surface area (Å²) < 4.78 is 30.7. The van der Waals surface area contributed by atoms with Gasteiger partial charge in [-0.1, -0.05) is 6.07 Å². The van der Waals surface area contributed by atoms with E-state index in [4.69, 9.17) is 0 Å². The third-order valence-corrected chi connectivity index (χ3v) is 4.93. The van der Waals surface area contributed by atoms with E-state index >= 15 is 0 Å². The summed E-state index contributed by atoms with van der Waals surface area (Å²) in [5.74, 6) is -1.39. The molecule has 3 aromatic rings. The van der Waals surface area contributed by atoms with E-state index in [0.717, 1.165) is 18.0 Å². The smallest absolute Gasteiger partial charge is 0.291 e. The Morgan fingerprint density at radius 3 is 2.83 bits per heavy atom. The molecule has 0 spiro atoms. The van der Waals surface area contributed by atoms with Crippen LogP contribution in [0.4, 0.5) is 14.6 Å². The second-order valence-corrected chi connectivity index (χ2v) is 6.80. The Morgan fingerprint density at radius 1 is 1.31 bits per heavy atom. The van der Waals surface area contributed by atoms with E-state index in [2.05, 4.69) is 20.4 Å². The summed E-state index contributed by atoms with van der Waals surface area (Å²) in [6.07, 6.45) is 4.04. The van der Waals surface area contributed by atoms with Gasteiger partial charge in [0, 0.05) is 19.2 Å². The third kappa shape index (κ3) is 3.68. The zero-order valence-electron chi connectivity index (χ0n) is 15.5. The number of halogens is 2. The van der Waals surface area contributed by atoms with Crippen LogP contribution in [-0.4, -0.2) is 54.6 Å². The first-order valence-electron chi connectivity index (χ1n) is 8.98. The van der Waals surface area contributed by atoms with Crippen LogP contribution >= 0.6 is 0 Å². The number of rotatable bonds is 4. The summed E-state index contributed by atoms with van der Waals surface area (Å²) in [4.78, 5) is 22.1. The number of aromatic nitrogens is 5. The number of nitrogens with one attached hydrogen (secondary N) is 1. The van der Waals surface area contributed by atoms with Gasteiger partial charge in [-0.2, -0.15) is 0 Å². The van der Waals surface area contributed by atoms with Gasteiger partial charge in [-0.3, -0.25) is 4.79 Å². The van der Waals surface area contributed by atoms with Crippen molar-refractivity contribution in [2.45, 2.75) is 31.8 Å². The van der Waals surface area contributed by atoms with Crippen molar-refractivity contribution in [2.75, 3.05) is 11.9 Å². The predicted molar refractivity (Wildman–Crippen MR) is 98.0 cm³/mol. The molecule has 1 aliphatic heterocycles. The molecule has 1 unspecified atom stereocenters. The quantitative estimate of drug-likeness (QED) is 0.667. The molecule has 0 fully saturated rings. The number of amides is 1. The Hall–Kier alpha value is -3.34. The summed E-state index contributed by atoms with van der Waals surface area (Å²) in [5.41, 5.74) is -0.166. The molecule has 152 valence electrons. The number of imidazole rings is 1. The number of hydrogen-bond donors (Lipinski definition) is 2. The van der Waals surface area contributed by atoms with Crippen LogP contribution in [0, 0.1) is 11.6 Å². The number of carbonyl (C=O) groups is 1. The molecule has 29 heavy (non-hydrogen) atoms. The lowest BCUT2D eigenvalue weighted by molar-refractivity contribution is 0.0818. The van der Waals surface area contributed by atoms with E-state index in [-0.39, 0.29) is 17.9 Å². The third-order valence-electron chi connectivity index (χ3n) is 4.93. The molecule has 2 atom stereocenters. The SMILES string of the molecule is CN1c2cncn2CC[C@@H](NC(=O)c2ncn(Cc3c(F)cccc3F)n2)C1O. The number of carbonyl (C=O) groups excluding carboxylic acids is 1. The Bertz CT molecular complexity index is 1010. The van der Waals surface area contributed by atoms with Crippen LogP contribution in [-0.2, 0) is 13.1 Å². The molecule has 9 nitrogen and oxygen atoms in total. The van der Waals surface area contributed by atoms with Crippen molar-refractivity contribution in [3.63, 3.8) is 0 Å². The molecular weight excluding hydrogens is 384 g/mol. The van der Waals surface area contributed by atoms with Crippen molar-refractivity contribution in [2.24, 2.45) is 0 Å². The van der Waals surface area contributed by atoms with E-state index < -0.39 is 29.8 Å². The molecule has 2 aromatic heterocycles. The van der Waals surface area contributed by atoms with Gasteiger partial charge in [0.25, 0.3) is 5.91 Å². The van der Waals surface area contributed by atoms with Crippen LogP contribution in [0.25, 0.3) is 0 Å². The number of aryl methyl sites for hydroxylation is 1. The van der Waals surface area contributed by atoms with Gasteiger partial charge in [-0.25, -0.2) is 23.4 Å². The largest absolute Gasteiger partial charge is 0.371 e. The lowest BCUT2D eigenvalue weighted by Gasteiger charge is -2.28. The van der Waals surface area contributed by atoms with E-state index in [1.807, 2.05) is 4.57 Å². The van der Waals surface area contributed by atoms with Crippen LogP contribution in [0.1, 0.15) is 22.6 Å². The zero-order valence-corrected chi connectivity index (χ0v) is 15.5. The maximum Gasteiger partial charge on any atom is 0.291 e. The molecule has 0 aliphatic carbocycles. The van der Waals surface area contributed by atoms with Crippen LogP contribution < -0.4 is 10.2 Å². The number of hydrogen-bond acceptors (Lipinski definition) is 6. The molecule has 11 heteroatoms. The van der Waals surface area contributed by atoms with Gasteiger partial charge in [0.1, 0.15) is 30.0 Å². The van der Waals surface area contributed by atoms with Crippen molar-refractivity contribution in [1.29, 1.82) is 0 Å². The summed E-state index contributed by atoms with van der Waals surface area (Å²) in [5, 5.41) is 17.3. The van der Waals surface area contributed by atoms with Crippen molar-refractivity contribution in [3.8, 4) is 0 Å². The Kier molecular flexibility index (Phi) is 4.97. The monoisotopic (exact) mass is 403 g/mol. The average molecular weight is 403 g/mol. The van der Waals surface area contributed by atoms with Crippen LogP contribution in [0.5, 0.6) is 0 Å². The lowest BCUT2D eigenvalue weighted by atomic mass is 10.1. The highest BCUT2D eigenvalue weighted by Crippen LogP contribution is 2.21. The van der Waals surface area contributed by atoms with Crippen molar-refractivity contribution >= 4 is 11.7 Å². The standard InChI is InChI=1S/C18H19F2N7O2/c1-25-15-7-21-9-26(15)6-5-14(18(25)29)23-17(28)16-22-10-27(24-16)8-11-12(19)3-2-4-13(11)20/h2-4,7,9-10,14,18,29H,5-6,8H2,1H3,(H,23,28)/t14-,18?/m1/s1. The first-order valence-corrected chi connectivity index (χ1v) is 8.98. The highest BCUT2D eigenvalue weighted by Gasteiger charge is 2.30. The Labute approximate surface area is 164 Å². The van der Waals surface area contributed by atoms with E-state index in [9.17, 15) is 18.7 Å². The normalized spacial score (nSPS) is 19.0. The second kappa shape index (κ2) is 7.59. The van der Waals surface area contributed by atoms with Crippen LogP contribution in [0.3, 0.4) is 0 Å². The minimum Gasteiger partial charge on any atom is -0.371 e. The molecule has 3 heterocycles. The van der Waals surface area contributed by atoms with Crippen molar-refractivity contribution in [1.82, 2.24) is 29.6 Å². The highest BCUT2D eigenvalue weighted by atomic mass is 19.1. The van der Waals surface area contributed by atoms with E-state index in [0.29, 0.717) is 13.0 Å². The summed E-state index contributed by atoms with van der Waals surface area (Å²) in [6, 6.07) is 3.01. The lowest BCUT2D eigenvalue weighted by Crippen LogP contribution is -2.50. The van der Waals surface area contributed by atoms with Gasteiger partial charge in [0.15, 0.2) is 0 Å². The first-order chi connectivity index (χ1) is 13.9.